The molecule has 2 N–H and O–H groups in total. The summed E-state index contributed by atoms with van der Waals surface area (Å²) in [5.41, 5.74) is 2.04. The normalized spacial score (nSPS) is 12.3. The lowest BCUT2D eigenvalue weighted by molar-refractivity contribution is -0.127. The Hall–Kier alpha value is -2.25. The van der Waals surface area contributed by atoms with Gasteiger partial charge in [0.2, 0.25) is 10.0 Å². The zero-order valence-corrected chi connectivity index (χ0v) is 16.3. The maximum Gasteiger partial charge on any atom is 0.261 e. The van der Waals surface area contributed by atoms with Crippen molar-refractivity contribution in [2.24, 2.45) is 0 Å². The summed E-state index contributed by atoms with van der Waals surface area (Å²) < 4.78 is 30.9. The zero-order valence-electron chi connectivity index (χ0n) is 14.7. The second kappa shape index (κ2) is 8.42. The number of halogens is 1. The van der Waals surface area contributed by atoms with E-state index in [2.05, 4.69) is 10.0 Å². The quantitative estimate of drug-likeness (QED) is 0.753. The van der Waals surface area contributed by atoms with E-state index in [0.29, 0.717) is 22.0 Å². The molecule has 0 spiro atoms. The number of carbonyl (C=O) groups is 1. The molecule has 0 radical (unpaired) electrons. The van der Waals surface area contributed by atoms with Crippen molar-refractivity contribution in [3.8, 4) is 5.75 Å². The summed E-state index contributed by atoms with van der Waals surface area (Å²) >= 11 is 6.08. The molecule has 0 bridgehead atoms. The summed E-state index contributed by atoms with van der Waals surface area (Å²) in [6.07, 6.45) is 0.313. The van der Waals surface area contributed by atoms with Gasteiger partial charge >= 0.3 is 0 Å². The van der Waals surface area contributed by atoms with Crippen LogP contribution in [0.1, 0.15) is 18.1 Å². The predicted molar refractivity (Wildman–Crippen MR) is 103 cm³/mol. The molecule has 0 aliphatic heterocycles. The standard InChI is InChI=1S/C18H21ClN2O4S/c1-12-8-9-15(19)17(10-12)25-13(2)18(22)20-11-14-6-4-5-7-16(14)21-26(3,23)24/h4-10,13,21H,11H2,1-3H3,(H,20,22). The number of hydrogen-bond donors (Lipinski definition) is 2. The third-order valence-corrected chi connectivity index (χ3v) is 4.43. The van der Waals surface area contributed by atoms with Crippen LogP contribution in [0.3, 0.4) is 0 Å². The van der Waals surface area contributed by atoms with Crippen LogP contribution in [0.2, 0.25) is 5.02 Å². The van der Waals surface area contributed by atoms with Gasteiger partial charge < -0.3 is 10.1 Å². The van der Waals surface area contributed by atoms with Gasteiger partial charge in [0, 0.05) is 6.54 Å². The average Bonchev–Trinajstić information content (AvgIpc) is 2.55. The van der Waals surface area contributed by atoms with Crippen molar-refractivity contribution in [2.75, 3.05) is 11.0 Å². The Morgan fingerprint density at radius 3 is 2.62 bits per heavy atom. The first-order valence-electron chi connectivity index (χ1n) is 7.92. The second-order valence-corrected chi connectivity index (χ2v) is 8.10. The van der Waals surface area contributed by atoms with E-state index >= 15 is 0 Å². The number of sulfonamides is 1. The maximum atomic E-state index is 12.3. The van der Waals surface area contributed by atoms with Crippen LogP contribution in [-0.2, 0) is 21.4 Å². The van der Waals surface area contributed by atoms with Gasteiger partial charge in [-0.05, 0) is 43.2 Å². The first kappa shape index (κ1) is 20.1. The molecule has 2 aromatic carbocycles. The molecule has 0 aliphatic rings. The third-order valence-electron chi connectivity index (χ3n) is 3.53. The lowest BCUT2D eigenvalue weighted by Crippen LogP contribution is -2.36. The first-order valence-corrected chi connectivity index (χ1v) is 10.2. The Kier molecular flexibility index (Phi) is 6.50. The van der Waals surface area contributed by atoms with Gasteiger partial charge in [-0.2, -0.15) is 0 Å². The summed E-state index contributed by atoms with van der Waals surface area (Å²) in [6, 6.07) is 12.2. The lowest BCUT2D eigenvalue weighted by Gasteiger charge is -2.17. The van der Waals surface area contributed by atoms with Gasteiger partial charge in [-0.15, -0.1) is 0 Å². The second-order valence-electron chi connectivity index (χ2n) is 5.94. The molecular formula is C18H21ClN2O4S. The zero-order chi connectivity index (χ0) is 19.3. The number of amides is 1. The van der Waals surface area contributed by atoms with Crippen molar-refractivity contribution in [2.45, 2.75) is 26.5 Å². The van der Waals surface area contributed by atoms with Crippen LogP contribution in [-0.4, -0.2) is 26.7 Å². The van der Waals surface area contributed by atoms with E-state index in [1.807, 2.05) is 13.0 Å². The van der Waals surface area contributed by atoms with E-state index in [1.54, 1.807) is 43.3 Å². The molecule has 0 saturated heterocycles. The maximum absolute atomic E-state index is 12.3. The van der Waals surface area contributed by atoms with Crippen molar-refractivity contribution in [3.63, 3.8) is 0 Å². The Morgan fingerprint density at radius 2 is 1.92 bits per heavy atom. The summed E-state index contributed by atoms with van der Waals surface area (Å²) in [4.78, 5) is 12.3. The molecule has 0 aliphatic carbocycles. The topological polar surface area (TPSA) is 84.5 Å². The Morgan fingerprint density at radius 1 is 1.23 bits per heavy atom. The molecule has 8 heteroatoms. The van der Waals surface area contributed by atoms with Crippen LogP contribution < -0.4 is 14.8 Å². The number of nitrogens with one attached hydrogen (secondary N) is 2. The monoisotopic (exact) mass is 396 g/mol. The molecule has 140 valence electrons. The SMILES string of the molecule is Cc1ccc(Cl)c(OC(C)C(=O)NCc2ccccc2NS(C)(=O)=O)c1. The summed E-state index contributed by atoms with van der Waals surface area (Å²) in [7, 11) is -3.41. The van der Waals surface area contributed by atoms with Gasteiger partial charge in [0.25, 0.3) is 5.91 Å². The Balaban J connectivity index is 2.01. The van der Waals surface area contributed by atoms with Crippen LogP contribution in [0, 0.1) is 6.92 Å². The van der Waals surface area contributed by atoms with E-state index < -0.39 is 16.1 Å². The lowest BCUT2D eigenvalue weighted by atomic mass is 10.2. The van der Waals surface area contributed by atoms with E-state index in [9.17, 15) is 13.2 Å². The van der Waals surface area contributed by atoms with Crippen molar-refractivity contribution < 1.29 is 17.9 Å². The van der Waals surface area contributed by atoms with Crippen molar-refractivity contribution in [1.29, 1.82) is 0 Å². The molecule has 0 aromatic heterocycles. The number of rotatable bonds is 7. The fourth-order valence-corrected chi connectivity index (χ4v) is 3.01. The Bertz CT molecular complexity index is 900. The minimum atomic E-state index is -3.41. The van der Waals surface area contributed by atoms with Gasteiger partial charge in [0.15, 0.2) is 6.10 Å². The average molecular weight is 397 g/mol. The highest BCUT2D eigenvalue weighted by molar-refractivity contribution is 7.92. The minimum Gasteiger partial charge on any atom is -0.479 e. The highest BCUT2D eigenvalue weighted by Crippen LogP contribution is 2.26. The predicted octanol–water partition coefficient (Wildman–Crippen LogP) is 3.10. The van der Waals surface area contributed by atoms with Crippen LogP contribution >= 0.6 is 11.6 Å². The highest BCUT2D eigenvalue weighted by Gasteiger charge is 2.17. The Labute approximate surface area is 158 Å². The van der Waals surface area contributed by atoms with Gasteiger partial charge in [-0.25, -0.2) is 8.42 Å². The third kappa shape index (κ3) is 5.93. The van der Waals surface area contributed by atoms with Gasteiger partial charge in [-0.1, -0.05) is 35.9 Å². The van der Waals surface area contributed by atoms with Crippen LogP contribution in [0.5, 0.6) is 5.75 Å². The van der Waals surface area contributed by atoms with Crippen molar-refractivity contribution in [1.82, 2.24) is 5.32 Å². The molecule has 2 rings (SSSR count). The molecule has 0 saturated carbocycles. The molecule has 1 atom stereocenters. The number of para-hydroxylation sites is 1. The molecule has 2 aromatic rings. The number of anilines is 1. The number of benzene rings is 2. The van der Waals surface area contributed by atoms with Crippen LogP contribution in [0.4, 0.5) is 5.69 Å². The highest BCUT2D eigenvalue weighted by atomic mass is 35.5. The summed E-state index contributed by atoms with van der Waals surface area (Å²) in [6.45, 7) is 3.68. The molecule has 0 fully saturated rings. The molecule has 0 heterocycles. The largest absolute Gasteiger partial charge is 0.479 e. The van der Waals surface area contributed by atoms with Crippen LogP contribution in [0.25, 0.3) is 0 Å². The van der Waals surface area contributed by atoms with Crippen molar-refractivity contribution in [3.05, 3.63) is 58.6 Å². The minimum absolute atomic E-state index is 0.160. The smallest absolute Gasteiger partial charge is 0.261 e. The van der Waals surface area contributed by atoms with E-state index in [0.717, 1.165) is 11.8 Å². The van der Waals surface area contributed by atoms with Crippen molar-refractivity contribution >= 4 is 33.2 Å². The number of hydrogen-bond acceptors (Lipinski definition) is 4. The number of carbonyl (C=O) groups excluding carboxylic acids is 1. The molecule has 26 heavy (non-hydrogen) atoms. The van der Waals surface area contributed by atoms with E-state index in [1.165, 1.54) is 0 Å². The van der Waals surface area contributed by atoms with Gasteiger partial charge in [0.1, 0.15) is 5.75 Å². The molecular weight excluding hydrogens is 376 g/mol. The molecule has 6 nitrogen and oxygen atoms in total. The fraction of sp³-hybridized carbons (Fsp3) is 0.278. The van der Waals surface area contributed by atoms with Gasteiger partial charge in [-0.3, -0.25) is 9.52 Å². The van der Waals surface area contributed by atoms with Crippen LogP contribution in [0.15, 0.2) is 42.5 Å². The van der Waals surface area contributed by atoms with E-state index in [-0.39, 0.29) is 12.5 Å². The summed E-state index contributed by atoms with van der Waals surface area (Å²) in [5, 5.41) is 3.17. The molecule has 1 unspecified atom stereocenters. The fourth-order valence-electron chi connectivity index (χ4n) is 2.24. The number of aryl methyl sites for hydroxylation is 1. The first-order chi connectivity index (χ1) is 12.2. The van der Waals surface area contributed by atoms with E-state index in [4.69, 9.17) is 16.3 Å². The number of ether oxygens (including phenoxy) is 1. The molecule has 1 amide bonds. The summed E-state index contributed by atoms with van der Waals surface area (Å²) in [5.74, 6) is 0.102. The van der Waals surface area contributed by atoms with Gasteiger partial charge in [0.05, 0.1) is 17.0 Å².